The first-order valence-electron chi connectivity index (χ1n) is 5.51. The van der Waals surface area contributed by atoms with Gasteiger partial charge in [-0.3, -0.25) is 4.90 Å². The Bertz CT molecular complexity index is 321. The van der Waals surface area contributed by atoms with E-state index in [9.17, 15) is 4.39 Å². The largest absolute Gasteiger partial charge is 0.329 e. The maximum absolute atomic E-state index is 13.1. The van der Waals surface area contributed by atoms with Gasteiger partial charge in [0.25, 0.3) is 0 Å². The van der Waals surface area contributed by atoms with Gasteiger partial charge < -0.3 is 5.73 Å². The minimum Gasteiger partial charge on any atom is -0.329 e. The second-order valence-corrected chi connectivity index (χ2v) is 4.05. The van der Waals surface area contributed by atoms with Crippen molar-refractivity contribution in [1.82, 2.24) is 4.90 Å². The maximum Gasteiger partial charge on any atom is 0.123 e. The van der Waals surface area contributed by atoms with Crippen molar-refractivity contribution in [3.05, 3.63) is 35.6 Å². The van der Waals surface area contributed by atoms with Crippen LogP contribution in [0.5, 0.6) is 0 Å². The lowest BCUT2D eigenvalue weighted by Crippen LogP contribution is -2.31. The number of likely N-dealkylation sites (tertiary alicyclic amines) is 1. The zero-order valence-corrected chi connectivity index (χ0v) is 8.82. The number of nitrogens with zero attached hydrogens (tertiary/aromatic N) is 1. The Morgan fingerprint density at radius 1 is 1.33 bits per heavy atom. The topological polar surface area (TPSA) is 29.3 Å². The molecule has 0 radical (unpaired) electrons. The number of hydrogen-bond donors (Lipinski definition) is 1. The molecule has 2 N–H and O–H groups in total. The Hall–Kier alpha value is -0.930. The maximum atomic E-state index is 13.1. The normalized spacial score (nSPS) is 19.3. The van der Waals surface area contributed by atoms with Gasteiger partial charge in [-0.2, -0.15) is 0 Å². The first kappa shape index (κ1) is 10.6. The first-order valence-corrected chi connectivity index (χ1v) is 5.51. The Balaban J connectivity index is 2.18. The van der Waals surface area contributed by atoms with Crippen LogP contribution in [0, 0.1) is 5.82 Å². The monoisotopic (exact) mass is 208 g/mol. The van der Waals surface area contributed by atoms with Crippen LogP contribution < -0.4 is 5.73 Å². The van der Waals surface area contributed by atoms with Gasteiger partial charge in [-0.25, -0.2) is 4.39 Å². The summed E-state index contributed by atoms with van der Waals surface area (Å²) >= 11 is 0. The molecular formula is C12H17FN2. The molecule has 0 unspecified atom stereocenters. The van der Waals surface area contributed by atoms with Crippen molar-refractivity contribution in [3.8, 4) is 0 Å². The smallest absolute Gasteiger partial charge is 0.123 e. The second-order valence-electron chi connectivity index (χ2n) is 4.05. The van der Waals surface area contributed by atoms with E-state index >= 15 is 0 Å². The van der Waals surface area contributed by atoms with Crippen molar-refractivity contribution in [3.63, 3.8) is 0 Å². The van der Waals surface area contributed by atoms with Gasteiger partial charge in [-0.05, 0) is 43.6 Å². The van der Waals surface area contributed by atoms with Crippen LogP contribution in [-0.4, -0.2) is 24.5 Å². The highest BCUT2D eigenvalue weighted by Crippen LogP contribution is 2.24. The number of benzene rings is 1. The highest BCUT2D eigenvalue weighted by atomic mass is 19.1. The molecule has 1 saturated heterocycles. The Kier molecular flexibility index (Phi) is 3.34. The molecule has 0 aromatic heterocycles. The van der Waals surface area contributed by atoms with Crippen LogP contribution in [0.1, 0.15) is 24.4 Å². The van der Waals surface area contributed by atoms with Gasteiger partial charge in [0, 0.05) is 12.6 Å². The molecule has 1 aliphatic heterocycles. The van der Waals surface area contributed by atoms with Gasteiger partial charge in [-0.1, -0.05) is 12.1 Å². The number of hydrogen-bond acceptors (Lipinski definition) is 2. The van der Waals surface area contributed by atoms with Gasteiger partial charge in [0.2, 0.25) is 0 Å². The first-order chi connectivity index (χ1) is 7.31. The van der Waals surface area contributed by atoms with Crippen LogP contribution in [0.25, 0.3) is 0 Å². The van der Waals surface area contributed by atoms with Crippen molar-refractivity contribution < 1.29 is 4.39 Å². The van der Waals surface area contributed by atoms with E-state index in [1.165, 1.54) is 18.9 Å². The van der Waals surface area contributed by atoms with Crippen molar-refractivity contribution in [2.75, 3.05) is 19.6 Å². The summed E-state index contributed by atoms with van der Waals surface area (Å²) in [6.07, 6.45) is 2.46. The van der Waals surface area contributed by atoms with Crippen LogP contribution in [0.3, 0.4) is 0 Å². The summed E-state index contributed by atoms with van der Waals surface area (Å²) < 4.78 is 13.1. The lowest BCUT2D eigenvalue weighted by Gasteiger charge is -2.26. The standard InChI is InChI=1S/C12H17FN2/c13-11-5-3-4-10(8-11)12(9-14)15-6-1-2-7-15/h3-5,8,12H,1-2,6-7,9,14H2/t12-/m1/s1. The third kappa shape index (κ3) is 2.36. The lowest BCUT2D eigenvalue weighted by atomic mass is 10.1. The van der Waals surface area contributed by atoms with E-state index in [1.807, 2.05) is 6.07 Å². The molecule has 3 heteroatoms. The number of nitrogens with two attached hydrogens (primary N) is 1. The summed E-state index contributed by atoms with van der Waals surface area (Å²) in [5, 5.41) is 0. The molecule has 82 valence electrons. The summed E-state index contributed by atoms with van der Waals surface area (Å²) in [6, 6.07) is 6.96. The molecule has 1 aliphatic rings. The SMILES string of the molecule is NC[C@H](c1cccc(F)c1)N1CCCC1. The van der Waals surface area contributed by atoms with E-state index in [1.54, 1.807) is 12.1 Å². The van der Waals surface area contributed by atoms with Gasteiger partial charge in [0.05, 0.1) is 0 Å². The van der Waals surface area contributed by atoms with Gasteiger partial charge in [0.15, 0.2) is 0 Å². The summed E-state index contributed by atoms with van der Waals surface area (Å²) in [6.45, 7) is 2.72. The number of halogens is 1. The summed E-state index contributed by atoms with van der Waals surface area (Å²) in [5.74, 6) is -0.176. The fraction of sp³-hybridized carbons (Fsp3) is 0.500. The van der Waals surface area contributed by atoms with Gasteiger partial charge >= 0.3 is 0 Å². The van der Waals surface area contributed by atoms with Crippen LogP contribution in [-0.2, 0) is 0 Å². The van der Waals surface area contributed by atoms with Crippen molar-refractivity contribution in [2.24, 2.45) is 5.73 Å². The molecule has 0 spiro atoms. The van der Waals surface area contributed by atoms with E-state index in [0.717, 1.165) is 18.7 Å². The zero-order valence-electron chi connectivity index (χ0n) is 8.82. The van der Waals surface area contributed by atoms with Crippen molar-refractivity contribution in [2.45, 2.75) is 18.9 Å². The minimum absolute atomic E-state index is 0.176. The van der Waals surface area contributed by atoms with Crippen molar-refractivity contribution in [1.29, 1.82) is 0 Å². The quantitative estimate of drug-likeness (QED) is 0.822. The van der Waals surface area contributed by atoms with E-state index in [0.29, 0.717) is 6.54 Å². The third-order valence-electron chi connectivity index (χ3n) is 3.04. The molecule has 1 aromatic carbocycles. The second kappa shape index (κ2) is 4.73. The van der Waals surface area contributed by atoms with Crippen LogP contribution in [0.4, 0.5) is 4.39 Å². The molecule has 2 rings (SSSR count). The Morgan fingerprint density at radius 3 is 2.67 bits per heavy atom. The van der Waals surface area contributed by atoms with E-state index in [2.05, 4.69) is 4.90 Å². The van der Waals surface area contributed by atoms with E-state index < -0.39 is 0 Å². The molecule has 0 bridgehead atoms. The highest BCUT2D eigenvalue weighted by Gasteiger charge is 2.22. The summed E-state index contributed by atoms with van der Waals surface area (Å²) in [4.78, 5) is 2.34. The zero-order chi connectivity index (χ0) is 10.7. The molecule has 0 amide bonds. The molecular weight excluding hydrogens is 191 g/mol. The van der Waals surface area contributed by atoms with E-state index in [4.69, 9.17) is 5.73 Å². The van der Waals surface area contributed by atoms with Crippen LogP contribution in [0.15, 0.2) is 24.3 Å². The molecule has 1 fully saturated rings. The predicted molar refractivity (Wildman–Crippen MR) is 59.0 cm³/mol. The average molecular weight is 208 g/mol. The molecule has 1 heterocycles. The Morgan fingerprint density at radius 2 is 2.07 bits per heavy atom. The fourth-order valence-corrected chi connectivity index (χ4v) is 2.26. The summed E-state index contributed by atoms with van der Waals surface area (Å²) in [5.41, 5.74) is 6.77. The molecule has 1 aromatic rings. The molecule has 1 atom stereocenters. The van der Waals surface area contributed by atoms with Gasteiger partial charge in [0.1, 0.15) is 5.82 Å². The van der Waals surface area contributed by atoms with Crippen LogP contribution >= 0.6 is 0 Å². The number of rotatable bonds is 3. The Labute approximate surface area is 89.9 Å². The van der Waals surface area contributed by atoms with Gasteiger partial charge in [-0.15, -0.1) is 0 Å². The molecule has 0 saturated carbocycles. The van der Waals surface area contributed by atoms with Crippen LogP contribution in [0.2, 0.25) is 0 Å². The molecule has 2 nitrogen and oxygen atoms in total. The van der Waals surface area contributed by atoms with Crippen molar-refractivity contribution >= 4 is 0 Å². The lowest BCUT2D eigenvalue weighted by molar-refractivity contribution is 0.251. The fourth-order valence-electron chi connectivity index (χ4n) is 2.26. The molecule has 15 heavy (non-hydrogen) atoms. The minimum atomic E-state index is -0.176. The average Bonchev–Trinajstić information content (AvgIpc) is 2.72. The predicted octanol–water partition coefficient (Wildman–Crippen LogP) is 1.92. The highest BCUT2D eigenvalue weighted by molar-refractivity contribution is 5.20. The molecule has 0 aliphatic carbocycles. The van der Waals surface area contributed by atoms with E-state index in [-0.39, 0.29) is 11.9 Å². The third-order valence-corrected chi connectivity index (χ3v) is 3.04. The summed E-state index contributed by atoms with van der Waals surface area (Å²) in [7, 11) is 0.